The molecule has 0 saturated carbocycles. The Labute approximate surface area is 231 Å². The normalized spacial score (nSPS) is 12.8. The van der Waals surface area contributed by atoms with E-state index in [4.69, 9.17) is 0 Å². The van der Waals surface area contributed by atoms with Gasteiger partial charge in [0, 0.05) is 23.9 Å². The van der Waals surface area contributed by atoms with Crippen LogP contribution in [0, 0.1) is 6.92 Å². The summed E-state index contributed by atoms with van der Waals surface area (Å²) >= 11 is 0. The Balaban J connectivity index is 1.91. The molecule has 0 spiro atoms. The molecule has 0 aromatic heterocycles. The number of hydrogen-bond donors (Lipinski definition) is 2. The van der Waals surface area contributed by atoms with Crippen LogP contribution in [0.1, 0.15) is 47.3 Å². The number of carbonyl (C=O) groups excluding carboxylic acids is 1. The monoisotopic (exact) mass is 550 g/mol. The van der Waals surface area contributed by atoms with Gasteiger partial charge in [0.25, 0.3) is 5.91 Å². The van der Waals surface area contributed by atoms with Crippen molar-refractivity contribution in [3.8, 4) is 11.1 Å². The van der Waals surface area contributed by atoms with Crippen LogP contribution < -0.4 is 5.32 Å². The van der Waals surface area contributed by atoms with Gasteiger partial charge in [0.2, 0.25) is 0 Å². The van der Waals surface area contributed by atoms with Crippen molar-refractivity contribution in [3.63, 3.8) is 0 Å². The molecule has 39 heavy (non-hydrogen) atoms. The molecule has 0 aliphatic carbocycles. The molecule has 8 heteroatoms. The topological polar surface area (TPSA) is 104 Å². The molecule has 1 unspecified atom stereocenters. The first-order chi connectivity index (χ1) is 18.3. The Kier molecular flexibility index (Phi) is 9.69. The molecule has 3 aromatic rings. The zero-order valence-electron chi connectivity index (χ0n) is 23.3. The number of hydrogen-bond acceptors (Lipinski definition) is 5. The van der Waals surface area contributed by atoms with Gasteiger partial charge < -0.3 is 10.4 Å². The summed E-state index contributed by atoms with van der Waals surface area (Å²) in [5, 5.41) is 12.1. The first kappa shape index (κ1) is 30.1. The lowest BCUT2D eigenvalue weighted by atomic mass is 9.91. The van der Waals surface area contributed by atoms with Gasteiger partial charge in [-0.15, -0.1) is 0 Å². The van der Waals surface area contributed by atoms with E-state index in [1.54, 1.807) is 6.07 Å². The number of carboxylic acids is 1. The molecule has 0 aliphatic rings. The predicted molar refractivity (Wildman–Crippen MR) is 156 cm³/mol. The summed E-state index contributed by atoms with van der Waals surface area (Å²) in [6, 6.07) is 22.3. The molecule has 0 saturated heterocycles. The number of sulfone groups is 1. The maximum atomic E-state index is 13.4. The number of aryl methyl sites for hydroxylation is 1. The first-order valence-electron chi connectivity index (χ1n) is 12.9. The van der Waals surface area contributed by atoms with Gasteiger partial charge in [-0.2, -0.15) is 0 Å². The van der Waals surface area contributed by atoms with Crippen molar-refractivity contribution in [1.29, 1.82) is 0 Å². The van der Waals surface area contributed by atoms with Gasteiger partial charge in [0.05, 0.1) is 5.75 Å². The van der Waals surface area contributed by atoms with Crippen LogP contribution in [0.3, 0.4) is 0 Å². The highest BCUT2D eigenvalue weighted by Gasteiger charge is 2.26. The second kappa shape index (κ2) is 12.6. The van der Waals surface area contributed by atoms with Crippen LogP contribution in [0.15, 0.2) is 72.8 Å². The van der Waals surface area contributed by atoms with E-state index in [0.717, 1.165) is 29.4 Å². The summed E-state index contributed by atoms with van der Waals surface area (Å²) in [6.07, 6.45) is 1.71. The van der Waals surface area contributed by atoms with Gasteiger partial charge in [-0.3, -0.25) is 9.69 Å². The van der Waals surface area contributed by atoms with Crippen molar-refractivity contribution in [1.82, 2.24) is 10.2 Å². The largest absolute Gasteiger partial charge is 0.480 e. The van der Waals surface area contributed by atoms with Crippen LogP contribution in [0.4, 0.5) is 0 Å². The van der Waals surface area contributed by atoms with Gasteiger partial charge in [-0.05, 0) is 80.6 Å². The molecule has 0 bridgehead atoms. The van der Waals surface area contributed by atoms with Crippen LogP contribution in [0.5, 0.6) is 0 Å². The summed E-state index contributed by atoms with van der Waals surface area (Å²) in [5.74, 6) is -2.17. The summed E-state index contributed by atoms with van der Waals surface area (Å²) in [6.45, 7) is 7.01. The Morgan fingerprint density at radius 1 is 0.949 bits per heavy atom. The molecule has 0 radical (unpaired) electrons. The fraction of sp³-hybridized carbons (Fsp3) is 0.355. The zero-order chi connectivity index (χ0) is 28.8. The number of carboxylic acid groups (broad SMARTS) is 1. The van der Waals surface area contributed by atoms with Gasteiger partial charge in [0.1, 0.15) is 15.9 Å². The van der Waals surface area contributed by atoms with Crippen molar-refractivity contribution in [2.24, 2.45) is 0 Å². The Morgan fingerprint density at radius 3 is 2.21 bits per heavy atom. The average molecular weight is 551 g/mol. The van der Waals surface area contributed by atoms with Gasteiger partial charge in [-0.1, -0.05) is 60.7 Å². The summed E-state index contributed by atoms with van der Waals surface area (Å²) < 4.78 is 23.2. The van der Waals surface area contributed by atoms with Crippen LogP contribution >= 0.6 is 0 Å². The zero-order valence-corrected chi connectivity index (χ0v) is 24.1. The fourth-order valence-corrected chi connectivity index (χ4v) is 5.19. The number of nitrogens with one attached hydrogen (secondary N) is 1. The number of benzene rings is 3. The molecule has 0 aliphatic heterocycles. The molecule has 3 aromatic carbocycles. The Hall–Kier alpha value is -3.49. The molecule has 0 heterocycles. The lowest BCUT2D eigenvalue weighted by Gasteiger charge is -2.36. The SMILES string of the molecule is Cc1ccccc1-c1cc(CN(C)C(C)(C)Cc2ccccc2)ccc1C(=O)NC(CCS(C)(=O)=O)C(=O)O. The molecule has 0 fully saturated rings. The maximum absolute atomic E-state index is 13.4. The molecule has 2 N–H and O–H groups in total. The van der Waals surface area contributed by atoms with Gasteiger partial charge >= 0.3 is 5.97 Å². The number of likely N-dealkylation sites (N-methyl/N-ethyl adjacent to an activating group) is 1. The molecule has 208 valence electrons. The first-order valence-corrected chi connectivity index (χ1v) is 15.0. The smallest absolute Gasteiger partial charge is 0.326 e. The Bertz CT molecular complexity index is 1420. The molecular weight excluding hydrogens is 512 g/mol. The average Bonchev–Trinajstić information content (AvgIpc) is 2.86. The third kappa shape index (κ3) is 8.50. The highest BCUT2D eigenvalue weighted by Crippen LogP contribution is 2.30. The van der Waals surface area contributed by atoms with Crippen LogP contribution in [0.25, 0.3) is 11.1 Å². The standard InChI is InChI=1S/C31H38N2O5S/c1-22-11-9-10-14-25(22)27-19-24(21-33(4)31(2,3)20-23-12-7-6-8-13-23)15-16-26(27)29(34)32-28(30(35)36)17-18-39(5,37)38/h6-16,19,28H,17-18,20-21H2,1-5H3,(H,32,34)(H,35,36). The maximum Gasteiger partial charge on any atom is 0.326 e. The number of amides is 1. The van der Waals surface area contributed by atoms with E-state index in [1.165, 1.54) is 5.56 Å². The quantitative estimate of drug-likeness (QED) is 0.338. The van der Waals surface area contributed by atoms with E-state index in [1.807, 2.05) is 61.5 Å². The lowest BCUT2D eigenvalue weighted by Crippen LogP contribution is -2.42. The van der Waals surface area contributed by atoms with E-state index < -0.39 is 27.8 Å². The van der Waals surface area contributed by atoms with Crippen molar-refractivity contribution in [3.05, 3.63) is 95.1 Å². The predicted octanol–water partition coefficient (Wildman–Crippen LogP) is 4.73. The van der Waals surface area contributed by atoms with E-state index in [9.17, 15) is 23.1 Å². The van der Waals surface area contributed by atoms with Crippen molar-refractivity contribution >= 4 is 21.7 Å². The highest BCUT2D eigenvalue weighted by molar-refractivity contribution is 7.90. The van der Waals surface area contributed by atoms with Crippen LogP contribution in [0.2, 0.25) is 0 Å². The third-order valence-corrected chi connectivity index (χ3v) is 8.05. The highest BCUT2D eigenvalue weighted by atomic mass is 32.2. The van der Waals surface area contributed by atoms with Crippen molar-refractivity contribution in [2.75, 3.05) is 19.1 Å². The van der Waals surface area contributed by atoms with E-state index in [-0.39, 0.29) is 17.7 Å². The minimum Gasteiger partial charge on any atom is -0.480 e. The van der Waals surface area contributed by atoms with Crippen LogP contribution in [-0.4, -0.2) is 60.9 Å². The molecule has 1 amide bonds. The molecule has 1 atom stereocenters. The van der Waals surface area contributed by atoms with Crippen molar-refractivity contribution < 1.29 is 23.1 Å². The summed E-state index contributed by atoms with van der Waals surface area (Å²) in [5.41, 5.74) is 5.03. The second-order valence-electron chi connectivity index (χ2n) is 10.8. The number of nitrogens with zero attached hydrogens (tertiary/aromatic N) is 1. The molecular formula is C31H38N2O5S. The third-order valence-electron chi connectivity index (χ3n) is 7.08. The molecule has 3 rings (SSSR count). The van der Waals surface area contributed by atoms with Gasteiger partial charge in [0.15, 0.2) is 0 Å². The fourth-order valence-electron chi connectivity index (χ4n) is 4.53. The number of carbonyl (C=O) groups is 2. The van der Waals surface area contributed by atoms with Crippen LogP contribution in [-0.2, 0) is 27.6 Å². The lowest BCUT2D eigenvalue weighted by molar-refractivity contribution is -0.139. The minimum absolute atomic E-state index is 0.130. The second-order valence-corrected chi connectivity index (χ2v) is 13.1. The summed E-state index contributed by atoms with van der Waals surface area (Å²) in [4.78, 5) is 27.4. The minimum atomic E-state index is -3.38. The number of rotatable bonds is 12. The van der Waals surface area contributed by atoms with Crippen molar-refractivity contribution in [2.45, 2.75) is 51.7 Å². The van der Waals surface area contributed by atoms with E-state index in [0.29, 0.717) is 17.7 Å². The molecule has 7 nitrogen and oxygen atoms in total. The Morgan fingerprint density at radius 2 is 1.59 bits per heavy atom. The van der Waals surface area contributed by atoms with E-state index >= 15 is 0 Å². The van der Waals surface area contributed by atoms with Gasteiger partial charge in [-0.25, -0.2) is 13.2 Å². The summed E-state index contributed by atoms with van der Waals surface area (Å²) in [7, 11) is -1.30. The van der Waals surface area contributed by atoms with E-state index in [2.05, 4.69) is 43.2 Å². The number of aliphatic carboxylic acids is 1.